The molecule has 1 unspecified atom stereocenters. The van der Waals surface area contributed by atoms with Gasteiger partial charge in [-0.15, -0.1) is 0 Å². The van der Waals surface area contributed by atoms with E-state index in [2.05, 4.69) is 0 Å². The third-order valence-corrected chi connectivity index (χ3v) is 3.58. The van der Waals surface area contributed by atoms with Gasteiger partial charge >= 0.3 is 0 Å². The van der Waals surface area contributed by atoms with Crippen LogP contribution in [0, 0.1) is 11.6 Å². The van der Waals surface area contributed by atoms with Crippen LogP contribution in [0.4, 0.5) is 8.78 Å². The van der Waals surface area contributed by atoms with E-state index < -0.39 is 27.9 Å². The van der Waals surface area contributed by atoms with Gasteiger partial charge in [0, 0.05) is 11.6 Å². The lowest BCUT2D eigenvalue weighted by molar-refractivity contribution is 0.237. The summed E-state index contributed by atoms with van der Waals surface area (Å²) >= 11 is 0. The summed E-state index contributed by atoms with van der Waals surface area (Å²) < 4.78 is 53.6. The minimum Gasteiger partial charge on any atom is -0.262 e. The zero-order valence-corrected chi connectivity index (χ0v) is 12.3. The highest BCUT2D eigenvalue weighted by Crippen LogP contribution is 2.26. The van der Waals surface area contributed by atoms with E-state index >= 15 is 0 Å². The van der Waals surface area contributed by atoms with Gasteiger partial charge in [-0.2, -0.15) is 8.42 Å². The van der Waals surface area contributed by atoms with E-state index in [1.54, 1.807) is 31.2 Å². The van der Waals surface area contributed by atoms with Gasteiger partial charge in [0.15, 0.2) is 0 Å². The Hall–Kier alpha value is -1.79. The molecule has 0 aromatic heterocycles. The van der Waals surface area contributed by atoms with Crippen molar-refractivity contribution in [2.75, 3.05) is 6.26 Å². The van der Waals surface area contributed by atoms with Crippen molar-refractivity contribution < 1.29 is 21.4 Å². The molecule has 0 radical (unpaired) electrons. The third-order valence-electron chi connectivity index (χ3n) is 2.94. The van der Waals surface area contributed by atoms with E-state index in [1.165, 1.54) is 12.1 Å². The standard InChI is InChI=1S/C15H14F2O3S/c1-10(20-21(2,18)19)11-3-5-12(6-4-11)14-8-7-13(16)9-15(14)17/h3-10H,1-2H3. The molecule has 6 heteroatoms. The van der Waals surface area contributed by atoms with E-state index in [4.69, 9.17) is 4.18 Å². The largest absolute Gasteiger partial charge is 0.264 e. The van der Waals surface area contributed by atoms with Crippen molar-refractivity contribution >= 4 is 10.1 Å². The summed E-state index contributed by atoms with van der Waals surface area (Å²) in [6.07, 6.45) is 0.346. The number of halogens is 2. The normalized spacial score (nSPS) is 13.1. The van der Waals surface area contributed by atoms with Crippen LogP contribution in [-0.2, 0) is 14.3 Å². The van der Waals surface area contributed by atoms with Crippen LogP contribution in [0.5, 0.6) is 0 Å². The highest BCUT2D eigenvalue weighted by atomic mass is 32.2. The predicted octanol–water partition coefficient (Wildman–Crippen LogP) is 3.67. The highest BCUT2D eigenvalue weighted by Gasteiger charge is 2.13. The van der Waals surface area contributed by atoms with Crippen molar-refractivity contribution in [2.24, 2.45) is 0 Å². The summed E-state index contributed by atoms with van der Waals surface area (Å²) in [5.41, 5.74) is 1.49. The zero-order valence-electron chi connectivity index (χ0n) is 11.5. The Kier molecular flexibility index (Phi) is 4.39. The second kappa shape index (κ2) is 5.91. The van der Waals surface area contributed by atoms with Crippen LogP contribution < -0.4 is 0 Å². The molecular formula is C15H14F2O3S. The molecule has 0 bridgehead atoms. The van der Waals surface area contributed by atoms with Gasteiger partial charge in [-0.05, 0) is 30.2 Å². The maximum Gasteiger partial charge on any atom is 0.264 e. The van der Waals surface area contributed by atoms with Gasteiger partial charge in [0.1, 0.15) is 11.6 Å². The lowest BCUT2D eigenvalue weighted by atomic mass is 10.0. The van der Waals surface area contributed by atoms with E-state index in [0.29, 0.717) is 11.1 Å². The first kappa shape index (κ1) is 15.6. The quantitative estimate of drug-likeness (QED) is 0.809. The fourth-order valence-electron chi connectivity index (χ4n) is 1.98. The average molecular weight is 312 g/mol. The minimum absolute atomic E-state index is 0.277. The Morgan fingerprint density at radius 2 is 1.67 bits per heavy atom. The molecule has 0 aliphatic rings. The van der Waals surface area contributed by atoms with Gasteiger partial charge in [-0.3, -0.25) is 4.18 Å². The van der Waals surface area contributed by atoms with Crippen molar-refractivity contribution in [2.45, 2.75) is 13.0 Å². The van der Waals surface area contributed by atoms with Crippen LogP contribution in [0.3, 0.4) is 0 Å². The molecule has 0 aliphatic heterocycles. The maximum absolute atomic E-state index is 13.7. The summed E-state index contributed by atoms with van der Waals surface area (Å²) in [5, 5.41) is 0. The van der Waals surface area contributed by atoms with Crippen LogP contribution in [0.1, 0.15) is 18.6 Å². The topological polar surface area (TPSA) is 43.4 Å². The Morgan fingerprint density at radius 3 is 2.19 bits per heavy atom. The smallest absolute Gasteiger partial charge is 0.262 e. The average Bonchev–Trinajstić information content (AvgIpc) is 2.37. The lowest BCUT2D eigenvalue weighted by Crippen LogP contribution is -2.07. The second-order valence-electron chi connectivity index (χ2n) is 4.69. The van der Waals surface area contributed by atoms with Crippen molar-refractivity contribution in [3.05, 3.63) is 59.7 Å². The van der Waals surface area contributed by atoms with Crippen LogP contribution in [0.2, 0.25) is 0 Å². The van der Waals surface area contributed by atoms with Crippen molar-refractivity contribution in [1.29, 1.82) is 0 Å². The monoisotopic (exact) mass is 312 g/mol. The molecule has 2 aromatic carbocycles. The van der Waals surface area contributed by atoms with E-state index in [1.807, 2.05) is 0 Å². The SMILES string of the molecule is CC(OS(C)(=O)=O)c1ccc(-c2ccc(F)cc2F)cc1. The molecule has 3 nitrogen and oxygen atoms in total. The Morgan fingerprint density at radius 1 is 1.05 bits per heavy atom. The highest BCUT2D eigenvalue weighted by molar-refractivity contribution is 7.86. The molecule has 0 saturated carbocycles. The van der Waals surface area contributed by atoms with E-state index in [9.17, 15) is 17.2 Å². The van der Waals surface area contributed by atoms with Gasteiger partial charge in [0.05, 0.1) is 12.4 Å². The number of rotatable bonds is 4. The minimum atomic E-state index is -3.55. The fourth-order valence-corrected chi connectivity index (χ4v) is 2.61. The fraction of sp³-hybridized carbons (Fsp3) is 0.200. The molecule has 0 spiro atoms. The first-order valence-corrected chi connectivity index (χ1v) is 8.01. The van der Waals surface area contributed by atoms with Crippen LogP contribution in [-0.4, -0.2) is 14.7 Å². The Bertz CT molecular complexity index is 740. The van der Waals surface area contributed by atoms with Crippen LogP contribution >= 0.6 is 0 Å². The third kappa shape index (κ3) is 4.09. The molecule has 21 heavy (non-hydrogen) atoms. The molecule has 2 rings (SSSR count). The van der Waals surface area contributed by atoms with E-state index in [0.717, 1.165) is 12.3 Å². The van der Waals surface area contributed by atoms with Gasteiger partial charge in [0.25, 0.3) is 10.1 Å². The van der Waals surface area contributed by atoms with E-state index in [-0.39, 0.29) is 5.56 Å². The molecule has 0 saturated heterocycles. The van der Waals surface area contributed by atoms with Gasteiger partial charge in [-0.25, -0.2) is 8.78 Å². The molecule has 0 N–H and O–H groups in total. The van der Waals surface area contributed by atoms with Gasteiger partial charge in [-0.1, -0.05) is 24.3 Å². The molecule has 2 aromatic rings. The summed E-state index contributed by atoms with van der Waals surface area (Å²) in [4.78, 5) is 0. The predicted molar refractivity (Wildman–Crippen MR) is 76.1 cm³/mol. The second-order valence-corrected chi connectivity index (χ2v) is 6.29. The molecule has 1 atom stereocenters. The van der Waals surface area contributed by atoms with Crippen LogP contribution in [0.15, 0.2) is 42.5 Å². The molecular weight excluding hydrogens is 298 g/mol. The Balaban J connectivity index is 2.26. The first-order chi connectivity index (χ1) is 9.76. The molecule has 0 heterocycles. The summed E-state index contributed by atoms with van der Waals surface area (Å²) in [6.45, 7) is 1.61. The van der Waals surface area contributed by atoms with Crippen LogP contribution in [0.25, 0.3) is 11.1 Å². The molecule has 112 valence electrons. The maximum atomic E-state index is 13.7. The lowest BCUT2D eigenvalue weighted by Gasteiger charge is -2.12. The summed E-state index contributed by atoms with van der Waals surface area (Å²) in [5.74, 6) is -1.29. The first-order valence-electron chi connectivity index (χ1n) is 6.20. The Labute approximate surface area is 122 Å². The summed E-state index contributed by atoms with van der Waals surface area (Å²) in [6, 6.07) is 9.92. The molecule has 0 amide bonds. The van der Waals surface area contributed by atoms with Crippen molar-refractivity contribution in [3.8, 4) is 11.1 Å². The van der Waals surface area contributed by atoms with Gasteiger partial charge in [0.2, 0.25) is 0 Å². The molecule has 0 fully saturated rings. The van der Waals surface area contributed by atoms with Crippen molar-refractivity contribution in [3.63, 3.8) is 0 Å². The number of hydrogen-bond donors (Lipinski definition) is 0. The van der Waals surface area contributed by atoms with Gasteiger partial charge < -0.3 is 0 Å². The molecule has 0 aliphatic carbocycles. The number of benzene rings is 2. The summed E-state index contributed by atoms with van der Waals surface area (Å²) in [7, 11) is -3.55. The number of hydrogen-bond acceptors (Lipinski definition) is 3. The van der Waals surface area contributed by atoms with Crippen molar-refractivity contribution in [1.82, 2.24) is 0 Å². The zero-order chi connectivity index (χ0) is 15.6.